The van der Waals surface area contributed by atoms with Crippen LogP contribution < -0.4 is 4.72 Å². The third-order valence-electron chi connectivity index (χ3n) is 2.38. The van der Waals surface area contributed by atoms with Crippen LogP contribution in [0.25, 0.3) is 0 Å². The van der Waals surface area contributed by atoms with Crippen molar-refractivity contribution in [2.45, 2.75) is 17.9 Å². The molecule has 0 amide bonds. The van der Waals surface area contributed by atoms with Gasteiger partial charge in [0.1, 0.15) is 17.0 Å². The van der Waals surface area contributed by atoms with E-state index in [9.17, 15) is 12.8 Å². The Morgan fingerprint density at radius 2 is 2.21 bits per heavy atom. The average molecular weight is 305 g/mol. The van der Waals surface area contributed by atoms with E-state index in [1.54, 1.807) is 6.92 Å². The van der Waals surface area contributed by atoms with Gasteiger partial charge in [0.2, 0.25) is 10.0 Å². The predicted octanol–water partition coefficient (Wildman–Crippen LogP) is 1.64. The van der Waals surface area contributed by atoms with Crippen LogP contribution in [0.3, 0.4) is 0 Å². The summed E-state index contributed by atoms with van der Waals surface area (Å²) in [5.41, 5.74) is 0. The fraction of sp³-hybridized carbons (Fsp3) is 0.200. The average Bonchev–Trinajstić information content (AvgIpc) is 2.85. The van der Waals surface area contributed by atoms with Crippen LogP contribution in [0.2, 0.25) is 5.02 Å². The fourth-order valence-electron chi connectivity index (χ4n) is 1.47. The molecular formula is C10H10ClFN4O2S. The molecule has 1 atom stereocenters. The molecule has 2 aromatic rings. The van der Waals surface area contributed by atoms with Crippen molar-refractivity contribution in [3.63, 3.8) is 0 Å². The van der Waals surface area contributed by atoms with E-state index in [-0.39, 0.29) is 5.02 Å². The van der Waals surface area contributed by atoms with E-state index in [1.807, 2.05) is 0 Å². The zero-order valence-corrected chi connectivity index (χ0v) is 11.3. The molecule has 0 bridgehead atoms. The monoisotopic (exact) mass is 304 g/mol. The lowest BCUT2D eigenvalue weighted by atomic mass is 10.3. The zero-order valence-electron chi connectivity index (χ0n) is 9.76. The highest BCUT2D eigenvalue weighted by Crippen LogP contribution is 2.23. The summed E-state index contributed by atoms with van der Waals surface area (Å²) in [6.07, 6.45) is 1.25. The number of halogens is 2. The Balaban J connectivity index is 2.31. The minimum atomic E-state index is -4.04. The Morgan fingerprint density at radius 1 is 1.47 bits per heavy atom. The molecule has 1 heterocycles. The lowest BCUT2D eigenvalue weighted by Crippen LogP contribution is -2.28. The van der Waals surface area contributed by atoms with Crippen molar-refractivity contribution >= 4 is 21.6 Å². The van der Waals surface area contributed by atoms with Crippen molar-refractivity contribution < 1.29 is 12.8 Å². The molecule has 2 rings (SSSR count). The van der Waals surface area contributed by atoms with Crippen LogP contribution in [0.15, 0.2) is 29.4 Å². The van der Waals surface area contributed by atoms with Gasteiger partial charge in [0.05, 0.1) is 11.1 Å². The van der Waals surface area contributed by atoms with E-state index in [4.69, 9.17) is 11.6 Å². The summed E-state index contributed by atoms with van der Waals surface area (Å²) >= 11 is 5.56. The number of rotatable bonds is 4. The van der Waals surface area contributed by atoms with Crippen molar-refractivity contribution in [2.24, 2.45) is 0 Å². The number of hydrogen-bond donors (Lipinski definition) is 2. The normalized spacial score (nSPS) is 13.4. The van der Waals surface area contributed by atoms with Gasteiger partial charge in [0.15, 0.2) is 5.82 Å². The third-order valence-corrected chi connectivity index (χ3v) is 4.23. The van der Waals surface area contributed by atoms with Crippen molar-refractivity contribution in [1.29, 1.82) is 0 Å². The first-order valence-electron chi connectivity index (χ1n) is 5.23. The number of hydrogen-bond acceptors (Lipinski definition) is 4. The zero-order chi connectivity index (χ0) is 14.0. The van der Waals surface area contributed by atoms with Crippen LogP contribution in [-0.4, -0.2) is 23.6 Å². The van der Waals surface area contributed by atoms with E-state index in [2.05, 4.69) is 19.9 Å². The van der Waals surface area contributed by atoms with Crippen molar-refractivity contribution in [3.05, 3.63) is 41.2 Å². The Morgan fingerprint density at radius 3 is 2.84 bits per heavy atom. The van der Waals surface area contributed by atoms with E-state index >= 15 is 0 Å². The molecule has 1 unspecified atom stereocenters. The smallest absolute Gasteiger partial charge is 0.244 e. The summed E-state index contributed by atoms with van der Waals surface area (Å²) in [5, 5.41) is 5.89. The summed E-state index contributed by atoms with van der Waals surface area (Å²) in [5.74, 6) is -0.660. The molecule has 102 valence electrons. The summed E-state index contributed by atoms with van der Waals surface area (Å²) in [6, 6.07) is 3.09. The minimum absolute atomic E-state index is 0.254. The molecule has 2 N–H and O–H groups in total. The topological polar surface area (TPSA) is 87.7 Å². The lowest BCUT2D eigenvalue weighted by molar-refractivity contribution is 0.542. The largest absolute Gasteiger partial charge is 0.262 e. The van der Waals surface area contributed by atoms with Gasteiger partial charge in [-0.15, -0.1) is 0 Å². The first-order chi connectivity index (χ1) is 8.92. The van der Waals surface area contributed by atoms with E-state index in [1.165, 1.54) is 18.5 Å². The molecule has 0 aliphatic carbocycles. The first-order valence-corrected chi connectivity index (χ1v) is 7.09. The summed E-state index contributed by atoms with van der Waals surface area (Å²) in [6.45, 7) is 1.56. The van der Waals surface area contributed by atoms with E-state index in [0.717, 1.165) is 6.07 Å². The Kier molecular flexibility index (Phi) is 3.83. The van der Waals surface area contributed by atoms with Gasteiger partial charge in [-0.05, 0) is 19.1 Å². The second-order valence-corrected chi connectivity index (χ2v) is 5.86. The van der Waals surface area contributed by atoms with Crippen LogP contribution in [0.1, 0.15) is 18.8 Å². The molecule has 1 aromatic carbocycles. The van der Waals surface area contributed by atoms with Crippen LogP contribution in [0, 0.1) is 5.82 Å². The molecular weight excluding hydrogens is 295 g/mol. The first kappa shape index (κ1) is 13.9. The van der Waals surface area contributed by atoms with Crippen LogP contribution in [-0.2, 0) is 10.0 Å². The number of aromatic amines is 1. The van der Waals surface area contributed by atoms with Gasteiger partial charge in [-0.25, -0.2) is 22.5 Å². The molecule has 1 aromatic heterocycles. The van der Waals surface area contributed by atoms with Crippen LogP contribution in [0.4, 0.5) is 4.39 Å². The van der Waals surface area contributed by atoms with Crippen molar-refractivity contribution in [1.82, 2.24) is 19.9 Å². The number of benzene rings is 1. The quantitative estimate of drug-likeness (QED) is 0.899. The highest BCUT2D eigenvalue weighted by molar-refractivity contribution is 7.89. The van der Waals surface area contributed by atoms with Crippen molar-refractivity contribution in [2.75, 3.05) is 0 Å². The molecule has 0 saturated carbocycles. The molecule has 0 spiro atoms. The summed E-state index contributed by atoms with van der Waals surface area (Å²) < 4.78 is 40.1. The fourth-order valence-corrected chi connectivity index (χ4v) is 3.01. The van der Waals surface area contributed by atoms with E-state index < -0.39 is 26.8 Å². The highest BCUT2D eigenvalue weighted by atomic mass is 35.5. The maximum atomic E-state index is 13.7. The molecule has 19 heavy (non-hydrogen) atoms. The lowest BCUT2D eigenvalue weighted by Gasteiger charge is -2.12. The Bertz CT molecular complexity index is 675. The highest BCUT2D eigenvalue weighted by Gasteiger charge is 2.24. The molecule has 0 fully saturated rings. The van der Waals surface area contributed by atoms with Gasteiger partial charge >= 0.3 is 0 Å². The third kappa shape index (κ3) is 2.91. The standard InChI is InChI=1S/C10H10ClFN4O2S/c1-6(10-13-5-14-15-10)16-19(17,18)8-4-2-3-7(11)9(8)12/h2-6,16H,1H3,(H,13,14,15). The molecule has 0 saturated heterocycles. The predicted molar refractivity (Wildman–Crippen MR) is 66.5 cm³/mol. The van der Waals surface area contributed by atoms with Crippen molar-refractivity contribution in [3.8, 4) is 0 Å². The summed E-state index contributed by atoms with van der Waals surface area (Å²) in [7, 11) is -4.04. The maximum Gasteiger partial charge on any atom is 0.244 e. The number of nitrogens with one attached hydrogen (secondary N) is 2. The number of nitrogens with zero attached hydrogens (tertiary/aromatic N) is 2. The van der Waals surface area contributed by atoms with Gasteiger partial charge in [0, 0.05) is 0 Å². The van der Waals surface area contributed by atoms with E-state index in [0.29, 0.717) is 5.82 Å². The summed E-state index contributed by atoms with van der Waals surface area (Å²) in [4.78, 5) is 3.31. The Hall–Kier alpha value is -1.51. The van der Waals surface area contributed by atoms with Gasteiger partial charge in [-0.2, -0.15) is 5.10 Å². The number of aromatic nitrogens is 3. The van der Waals surface area contributed by atoms with Crippen LogP contribution >= 0.6 is 11.6 Å². The van der Waals surface area contributed by atoms with Gasteiger partial charge in [0.25, 0.3) is 0 Å². The molecule has 9 heteroatoms. The molecule has 0 radical (unpaired) electrons. The van der Waals surface area contributed by atoms with Gasteiger partial charge in [-0.3, -0.25) is 5.10 Å². The second-order valence-electron chi connectivity index (χ2n) is 3.77. The van der Waals surface area contributed by atoms with Crippen LogP contribution in [0.5, 0.6) is 0 Å². The SMILES string of the molecule is CC(NS(=O)(=O)c1cccc(Cl)c1F)c1ncn[nH]1. The van der Waals surface area contributed by atoms with Gasteiger partial charge in [-0.1, -0.05) is 17.7 Å². The molecule has 6 nitrogen and oxygen atoms in total. The molecule has 0 aliphatic heterocycles. The number of H-pyrrole nitrogens is 1. The number of sulfonamides is 1. The minimum Gasteiger partial charge on any atom is -0.262 e. The molecule has 0 aliphatic rings. The second kappa shape index (κ2) is 5.24. The Labute approximate surface area is 114 Å². The maximum absolute atomic E-state index is 13.7. The van der Waals surface area contributed by atoms with Gasteiger partial charge < -0.3 is 0 Å².